The Morgan fingerprint density at radius 1 is 1.60 bits per heavy atom. The van der Waals surface area contributed by atoms with Crippen LogP contribution in [0.15, 0.2) is 15.2 Å². The van der Waals surface area contributed by atoms with Gasteiger partial charge in [-0.05, 0) is 33.3 Å². The summed E-state index contributed by atoms with van der Waals surface area (Å²) in [6, 6.07) is 0. The first-order chi connectivity index (χ1) is 4.84. The maximum Gasteiger partial charge on any atom is 0.120 e. The molecule has 0 bridgehead atoms. The van der Waals surface area contributed by atoms with Gasteiger partial charge in [-0.25, -0.2) is 0 Å². The van der Waals surface area contributed by atoms with E-state index in [0.29, 0.717) is 6.42 Å². The molecule has 0 aliphatic rings. The Morgan fingerprint density at radius 2 is 2.40 bits per heavy atom. The minimum atomic E-state index is 0.620. The lowest BCUT2D eigenvalue weighted by molar-refractivity contribution is -0.107. The number of aryl methyl sites for hydroxylation is 1. The Balaban J connectivity index is 2.56. The second kappa shape index (κ2) is 3.88. The van der Waals surface area contributed by atoms with Crippen molar-refractivity contribution in [3.05, 3.63) is 20.8 Å². The van der Waals surface area contributed by atoms with Gasteiger partial charge >= 0.3 is 0 Å². The number of carbonyl (C=O) groups is 1. The molecule has 0 saturated carbocycles. The monoisotopic (exact) mass is 218 g/mol. The Bertz CT molecular complexity index is 219. The van der Waals surface area contributed by atoms with Gasteiger partial charge in [0.05, 0.1) is 0 Å². The topological polar surface area (TPSA) is 17.1 Å². The van der Waals surface area contributed by atoms with Crippen LogP contribution in [0.25, 0.3) is 0 Å². The Hall–Kier alpha value is -0.150. The molecule has 0 saturated heterocycles. The van der Waals surface area contributed by atoms with Gasteiger partial charge in [0, 0.05) is 16.3 Å². The highest BCUT2D eigenvalue weighted by Gasteiger charge is 1.98. The van der Waals surface area contributed by atoms with Crippen LogP contribution in [-0.2, 0) is 11.2 Å². The molecule has 0 aliphatic heterocycles. The Labute approximate surface area is 72.2 Å². The summed E-state index contributed by atoms with van der Waals surface area (Å²) in [6.45, 7) is 0. The van der Waals surface area contributed by atoms with E-state index in [-0.39, 0.29) is 0 Å². The first kappa shape index (κ1) is 7.95. The summed E-state index contributed by atoms with van der Waals surface area (Å²) in [5, 5.41) is 4.09. The molecule has 0 spiro atoms. The molecule has 54 valence electrons. The van der Waals surface area contributed by atoms with Crippen LogP contribution in [0, 0.1) is 0 Å². The van der Waals surface area contributed by atoms with Gasteiger partial charge in [0.25, 0.3) is 0 Å². The van der Waals surface area contributed by atoms with E-state index in [1.807, 2.05) is 5.38 Å². The Morgan fingerprint density at radius 3 is 2.90 bits per heavy atom. The molecule has 1 heterocycles. The van der Waals surface area contributed by atoms with E-state index in [1.165, 1.54) is 5.56 Å². The third-order valence-electron chi connectivity index (χ3n) is 1.22. The highest BCUT2D eigenvalue weighted by atomic mass is 79.9. The summed E-state index contributed by atoms with van der Waals surface area (Å²) in [6.07, 6.45) is 2.42. The minimum absolute atomic E-state index is 0.620. The molecule has 1 aromatic heterocycles. The third kappa shape index (κ3) is 1.92. The van der Waals surface area contributed by atoms with Crippen LogP contribution in [0.1, 0.15) is 12.0 Å². The van der Waals surface area contributed by atoms with Crippen molar-refractivity contribution in [3.63, 3.8) is 0 Å². The fourth-order valence-corrected chi connectivity index (χ4v) is 2.24. The molecule has 0 aromatic carbocycles. The summed E-state index contributed by atoms with van der Waals surface area (Å²) >= 11 is 5.04. The van der Waals surface area contributed by atoms with Crippen molar-refractivity contribution in [3.8, 4) is 0 Å². The zero-order valence-electron chi connectivity index (χ0n) is 5.34. The molecule has 1 aromatic rings. The first-order valence-electron chi connectivity index (χ1n) is 2.99. The van der Waals surface area contributed by atoms with E-state index in [4.69, 9.17) is 0 Å². The average molecular weight is 219 g/mol. The summed E-state index contributed by atoms with van der Waals surface area (Å²) < 4.78 is 1.12. The maximum atomic E-state index is 10.00. The zero-order valence-corrected chi connectivity index (χ0v) is 7.74. The largest absolute Gasteiger partial charge is 0.303 e. The van der Waals surface area contributed by atoms with Crippen LogP contribution < -0.4 is 0 Å². The number of rotatable bonds is 3. The van der Waals surface area contributed by atoms with Crippen molar-refractivity contribution in [1.82, 2.24) is 0 Å². The fraction of sp³-hybridized carbons (Fsp3) is 0.286. The predicted molar refractivity (Wildman–Crippen MR) is 46.4 cm³/mol. The van der Waals surface area contributed by atoms with Gasteiger partial charge < -0.3 is 4.79 Å². The molecule has 0 radical (unpaired) electrons. The van der Waals surface area contributed by atoms with E-state index in [9.17, 15) is 4.79 Å². The zero-order chi connectivity index (χ0) is 7.40. The molecule has 1 nitrogen and oxygen atoms in total. The molecular formula is C7H7BrOS. The molecule has 1 rings (SSSR count). The van der Waals surface area contributed by atoms with E-state index < -0.39 is 0 Å². The number of aldehydes is 1. The summed E-state index contributed by atoms with van der Waals surface area (Å²) in [4.78, 5) is 10.00. The quantitative estimate of drug-likeness (QED) is 0.714. The van der Waals surface area contributed by atoms with Crippen LogP contribution in [0.4, 0.5) is 0 Å². The van der Waals surface area contributed by atoms with Crippen LogP contribution in [0.2, 0.25) is 0 Å². The first-order valence-corrected chi connectivity index (χ1v) is 4.72. The van der Waals surface area contributed by atoms with Crippen LogP contribution in [0.5, 0.6) is 0 Å². The summed E-state index contributed by atoms with van der Waals surface area (Å²) in [5.41, 5.74) is 1.23. The second-order valence-corrected chi connectivity index (χ2v) is 3.55. The molecule has 0 amide bonds. The van der Waals surface area contributed by atoms with Crippen molar-refractivity contribution in [1.29, 1.82) is 0 Å². The lowest BCUT2D eigenvalue weighted by atomic mass is 10.2. The van der Waals surface area contributed by atoms with Crippen molar-refractivity contribution in [2.75, 3.05) is 0 Å². The second-order valence-electron chi connectivity index (χ2n) is 1.95. The van der Waals surface area contributed by atoms with Gasteiger partial charge in [-0.1, -0.05) is 0 Å². The number of hydrogen-bond donors (Lipinski definition) is 0. The number of thiophene rings is 1. The highest BCUT2D eigenvalue weighted by molar-refractivity contribution is 9.10. The third-order valence-corrected chi connectivity index (χ3v) is 3.05. The molecule has 0 N–H and O–H groups in total. The van der Waals surface area contributed by atoms with E-state index in [1.54, 1.807) is 11.3 Å². The van der Waals surface area contributed by atoms with Gasteiger partial charge in [0.15, 0.2) is 0 Å². The van der Waals surface area contributed by atoms with E-state index in [0.717, 1.165) is 17.2 Å². The van der Waals surface area contributed by atoms with Gasteiger partial charge in [0.1, 0.15) is 6.29 Å². The fourth-order valence-electron chi connectivity index (χ4n) is 0.701. The lowest BCUT2D eigenvalue weighted by Crippen LogP contribution is -1.82. The smallest absolute Gasteiger partial charge is 0.120 e. The van der Waals surface area contributed by atoms with Crippen molar-refractivity contribution < 1.29 is 4.79 Å². The van der Waals surface area contributed by atoms with Crippen molar-refractivity contribution >= 4 is 33.6 Å². The molecule has 0 atom stereocenters. The SMILES string of the molecule is O=CCCc1cscc1Br. The van der Waals surface area contributed by atoms with Crippen LogP contribution in [-0.4, -0.2) is 6.29 Å². The maximum absolute atomic E-state index is 10.00. The summed E-state index contributed by atoms with van der Waals surface area (Å²) in [7, 11) is 0. The van der Waals surface area contributed by atoms with E-state index >= 15 is 0 Å². The standard InChI is InChI=1S/C7H7BrOS/c8-7-5-10-4-6(7)2-1-3-9/h3-5H,1-2H2. The van der Waals surface area contributed by atoms with Crippen molar-refractivity contribution in [2.24, 2.45) is 0 Å². The molecule has 0 unspecified atom stereocenters. The highest BCUT2D eigenvalue weighted by Crippen LogP contribution is 2.21. The molecule has 3 heteroatoms. The Kier molecular flexibility index (Phi) is 3.09. The summed E-state index contributed by atoms with van der Waals surface area (Å²) in [5.74, 6) is 0. The van der Waals surface area contributed by atoms with Crippen LogP contribution in [0.3, 0.4) is 0 Å². The average Bonchev–Trinajstić information content (AvgIpc) is 2.31. The number of carbonyl (C=O) groups excluding carboxylic acids is 1. The van der Waals surface area contributed by atoms with Gasteiger partial charge in [-0.15, -0.1) is 0 Å². The minimum Gasteiger partial charge on any atom is -0.303 e. The molecule has 0 fully saturated rings. The molecule has 0 aliphatic carbocycles. The van der Waals surface area contributed by atoms with Crippen molar-refractivity contribution in [2.45, 2.75) is 12.8 Å². The van der Waals surface area contributed by atoms with Gasteiger partial charge in [-0.2, -0.15) is 11.3 Å². The molecule has 10 heavy (non-hydrogen) atoms. The number of hydrogen-bond acceptors (Lipinski definition) is 2. The normalized spacial score (nSPS) is 9.70. The predicted octanol–water partition coefficient (Wildman–Crippen LogP) is 2.64. The van der Waals surface area contributed by atoms with Gasteiger partial charge in [0.2, 0.25) is 0 Å². The van der Waals surface area contributed by atoms with Crippen LogP contribution >= 0.6 is 27.3 Å². The number of halogens is 1. The lowest BCUT2D eigenvalue weighted by Gasteiger charge is -1.90. The van der Waals surface area contributed by atoms with E-state index in [2.05, 4.69) is 21.3 Å². The van der Waals surface area contributed by atoms with Gasteiger partial charge in [-0.3, -0.25) is 0 Å². The molecular weight excluding hydrogens is 212 g/mol.